The SMILES string of the molecule is Cc1ccc(S(=O)(=O)N[C@@H]2COC[C@H](N3c4ccccc4Oc4cc(C(F)(F)F)ccc43)[C@H]2O)cc1. The van der Waals surface area contributed by atoms with Crippen LogP contribution in [0.4, 0.5) is 24.5 Å². The number of para-hydroxylation sites is 2. The third kappa shape index (κ3) is 4.55. The monoisotopic (exact) mass is 520 g/mol. The molecule has 190 valence electrons. The number of aryl methyl sites for hydroxylation is 1. The summed E-state index contributed by atoms with van der Waals surface area (Å²) in [6.07, 6.45) is -5.81. The van der Waals surface area contributed by atoms with Crippen molar-refractivity contribution in [1.82, 2.24) is 4.72 Å². The molecule has 3 aromatic carbocycles. The van der Waals surface area contributed by atoms with Gasteiger partial charge in [-0.2, -0.15) is 13.2 Å². The van der Waals surface area contributed by atoms with E-state index in [0.29, 0.717) is 17.1 Å². The molecule has 0 saturated carbocycles. The first-order valence-corrected chi connectivity index (χ1v) is 12.6. The third-order valence-corrected chi connectivity index (χ3v) is 7.76. The zero-order valence-electron chi connectivity index (χ0n) is 19.1. The fourth-order valence-corrected chi connectivity index (χ4v) is 5.65. The summed E-state index contributed by atoms with van der Waals surface area (Å²) in [5, 5.41) is 11.3. The number of anilines is 2. The first-order valence-electron chi connectivity index (χ1n) is 11.2. The maximum absolute atomic E-state index is 13.3. The summed E-state index contributed by atoms with van der Waals surface area (Å²) in [7, 11) is -3.96. The van der Waals surface area contributed by atoms with Gasteiger partial charge in [0.15, 0.2) is 11.5 Å². The van der Waals surface area contributed by atoms with Crippen LogP contribution in [0.5, 0.6) is 11.5 Å². The standard InChI is InChI=1S/C25H23F3N2O5S/c1-15-6-9-17(10-7-15)36(32,33)29-18-13-34-14-21(24(18)31)30-19-4-2-3-5-22(19)35-23-12-16(25(26,27)28)8-11-20(23)30/h2-12,18,21,24,29,31H,13-14H2,1H3/t18-,21+,24+/m1/s1. The van der Waals surface area contributed by atoms with E-state index < -0.39 is 40.0 Å². The lowest BCUT2D eigenvalue weighted by Gasteiger charge is -2.44. The van der Waals surface area contributed by atoms with Gasteiger partial charge >= 0.3 is 6.18 Å². The smallest absolute Gasteiger partial charge is 0.416 e. The number of aliphatic hydroxyl groups excluding tert-OH is 1. The molecule has 0 radical (unpaired) electrons. The largest absolute Gasteiger partial charge is 0.453 e. The van der Waals surface area contributed by atoms with Crippen LogP contribution < -0.4 is 14.4 Å². The maximum Gasteiger partial charge on any atom is 0.416 e. The number of alkyl halides is 3. The predicted octanol–water partition coefficient (Wildman–Crippen LogP) is 4.36. The molecule has 0 unspecified atom stereocenters. The van der Waals surface area contributed by atoms with Crippen molar-refractivity contribution < 1.29 is 36.2 Å². The number of aliphatic hydroxyl groups is 1. The van der Waals surface area contributed by atoms with Gasteiger partial charge in [-0.15, -0.1) is 0 Å². The minimum atomic E-state index is -4.56. The summed E-state index contributed by atoms with van der Waals surface area (Å²) in [6.45, 7) is 1.77. The van der Waals surface area contributed by atoms with Crippen molar-refractivity contribution in [2.24, 2.45) is 0 Å². The number of hydrogen-bond donors (Lipinski definition) is 2. The van der Waals surface area contributed by atoms with Crippen LogP contribution in [-0.2, 0) is 20.9 Å². The average Bonchev–Trinajstić information content (AvgIpc) is 2.83. The van der Waals surface area contributed by atoms with Gasteiger partial charge in [0.1, 0.15) is 0 Å². The number of ether oxygens (including phenoxy) is 2. The Morgan fingerprint density at radius 2 is 1.67 bits per heavy atom. The molecule has 2 aliphatic heterocycles. The van der Waals surface area contributed by atoms with Crippen LogP contribution in [0.3, 0.4) is 0 Å². The molecule has 3 aromatic rings. The molecule has 7 nitrogen and oxygen atoms in total. The van der Waals surface area contributed by atoms with Crippen LogP contribution in [0, 0.1) is 6.92 Å². The molecule has 0 aliphatic carbocycles. The zero-order valence-corrected chi connectivity index (χ0v) is 19.9. The number of benzene rings is 3. The number of sulfonamides is 1. The van der Waals surface area contributed by atoms with E-state index in [-0.39, 0.29) is 23.9 Å². The quantitative estimate of drug-likeness (QED) is 0.532. The molecule has 2 aliphatic rings. The highest BCUT2D eigenvalue weighted by Gasteiger charge is 2.42. The fraction of sp³-hybridized carbons (Fsp3) is 0.280. The number of nitrogens with zero attached hydrogens (tertiary/aromatic N) is 1. The van der Waals surface area contributed by atoms with E-state index >= 15 is 0 Å². The van der Waals surface area contributed by atoms with Crippen molar-refractivity contribution in [2.45, 2.75) is 36.2 Å². The van der Waals surface area contributed by atoms with Crippen LogP contribution in [0.25, 0.3) is 0 Å². The lowest BCUT2D eigenvalue weighted by molar-refractivity contribution is -0.137. The maximum atomic E-state index is 13.3. The van der Waals surface area contributed by atoms with Crippen molar-refractivity contribution in [2.75, 3.05) is 18.1 Å². The number of hydrogen-bond acceptors (Lipinski definition) is 6. The van der Waals surface area contributed by atoms with Gasteiger partial charge in [0, 0.05) is 0 Å². The molecular weight excluding hydrogens is 497 g/mol. The molecule has 0 spiro atoms. The number of rotatable bonds is 4. The lowest BCUT2D eigenvalue weighted by Crippen LogP contribution is -2.60. The number of fused-ring (bicyclic) bond motifs is 2. The van der Waals surface area contributed by atoms with Crippen LogP contribution in [0.2, 0.25) is 0 Å². The lowest BCUT2D eigenvalue weighted by atomic mass is 9.98. The normalized spacial score (nSPS) is 21.9. The summed E-state index contributed by atoms with van der Waals surface area (Å²) in [4.78, 5) is 1.69. The molecule has 0 amide bonds. The van der Waals surface area contributed by atoms with Gasteiger partial charge in [-0.3, -0.25) is 0 Å². The minimum Gasteiger partial charge on any atom is -0.453 e. The number of halogens is 3. The summed E-state index contributed by atoms with van der Waals surface area (Å²) < 4.78 is 79.9. The Bertz CT molecular complexity index is 1380. The van der Waals surface area contributed by atoms with Crippen molar-refractivity contribution >= 4 is 21.4 Å². The van der Waals surface area contributed by atoms with E-state index in [2.05, 4.69) is 4.72 Å². The van der Waals surface area contributed by atoms with E-state index in [1.54, 1.807) is 41.3 Å². The molecule has 36 heavy (non-hydrogen) atoms. The summed E-state index contributed by atoms with van der Waals surface area (Å²) in [6, 6.07) is 14.3. The van der Waals surface area contributed by atoms with Crippen LogP contribution >= 0.6 is 0 Å². The minimum absolute atomic E-state index is 0.0126. The highest BCUT2D eigenvalue weighted by molar-refractivity contribution is 7.89. The molecule has 2 N–H and O–H groups in total. The number of nitrogens with one attached hydrogen (secondary N) is 1. The first kappa shape index (κ1) is 24.6. The summed E-state index contributed by atoms with van der Waals surface area (Å²) >= 11 is 0. The Morgan fingerprint density at radius 3 is 2.39 bits per heavy atom. The van der Waals surface area contributed by atoms with Gasteiger partial charge in [-0.25, -0.2) is 13.1 Å². The van der Waals surface area contributed by atoms with E-state index in [1.165, 1.54) is 18.2 Å². The van der Waals surface area contributed by atoms with Gasteiger partial charge in [0.2, 0.25) is 10.0 Å². The first-order chi connectivity index (χ1) is 17.0. The third-order valence-electron chi connectivity index (χ3n) is 6.25. The second kappa shape index (κ2) is 9.07. The van der Waals surface area contributed by atoms with Crippen LogP contribution in [0.15, 0.2) is 71.6 Å². The second-order valence-corrected chi connectivity index (χ2v) is 10.5. The topological polar surface area (TPSA) is 88.1 Å². The van der Waals surface area contributed by atoms with E-state index in [0.717, 1.165) is 17.7 Å². The van der Waals surface area contributed by atoms with Gasteiger partial charge in [0.05, 0.1) is 53.2 Å². The molecule has 0 aromatic heterocycles. The van der Waals surface area contributed by atoms with E-state index in [1.807, 2.05) is 6.92 Å². The molecule has 1 fully saturated rings. The van der Waals surface area contributed by atoms with E-state index in [9.17, 15) is 26.7 Å². The Labute approximate surface area is 206 Å². The molecule has 3 atom stereocenters. The van der Waals surface area contributed by atoms with Gasteiger partial charge in [0.25, 0.3) is 0 Å². The van der Waals surface area contributed by atoms with Gasteiger partial charge in [-0.05, 0) is 49.4 Å². The van der Waals surface area contributed by atoms with Gasteiger partial charge < -0.3 is 19.5 Å². The van der Waals surface area contributed by atoms with Gasteiger partial charge in [-0.1, -0.05) is 29.8 Å². The molecule has 11 heteroatoms. The summed E-state index contributed by atoms with van der Waals surface area (Å²) in [5.74, 6) is 0.275. The molecule has 2 heterocycles. The zero-order chi connectivity index (χ0) is 25.7. The summed E-state index contributed by atoms with van der Waals surface area (Å²) in [5.41, 5.74) is 0.842. The van der Waals surface area contributed by atoms with Crippen molar-refractivity contribution in [1.29, 1.82) is 0 Å². The Balaban J connectivity index is 1.49. The Hall–Kier alpha value is -3.12. The van der Waals surface area contributed by atoms with Crippen LogP contribution in [0.1, 0.15) is 11.1 Å². The fourth-order valence-electron chi connectivity index (χ4n) is 4.42. The Morgan fingerprint density at radius 1 is 0.972 bits per heavy atom. The van der Waals surface area contributed by atoms with Crippen LogP contribution in [-0.4, -0.2) is 44.9 Å². The van der Waals surface area contributed by atoms with Crippen molar-refractivity contribution in [3.8, 4) is 11.5 Å². The van der Waals surface area contributed by atoms with Crippen molar-refractivity contribution in [3.63, 3.8) is 0 Å². The predicted molar refractivity (Wildman–Crippen MR) is 126 cm³/mol. The molecule has 5 rings (SSSR count). The van der Waals surface area contributed by atoms with Crippen molar-refractivity contribution in [3.05, 3.63) is 77.9 Å². The highest BCUT2D eigenvalue weighted by atomic mass is 32.2. The molecule has 0 bridgehead atoms. The highest BCUT2D eigenvalue weighted by Crippen LogP contribution is 2.49. The molecule has 1 saturated heterocycles. The second-order valence-electron chi connectivity index (χ2n) is 8.76. The van der Waals surface area contributed by atoms with E-state index in [4.69, 9.17) is 9.47 Å². The Kier molecular flexibility index (Phi) is 6.19. The average molecular weight is 521 g/mol. The molecular formula is C25H23F3N2O5S.